The second kappa shape index (κ2) is 6.82. The van der Waals surface area contributed by atoms with E-state index in [-0.39, 0.29) is 36.8 Å². The Hall–Kier alpha value is -2.88. The van der Waals surface area contributed by atoms with Crippen molar-refractivity contribution in [1.29, 1.82) is 0 Å². The molecule has 1 aliphatic heterocycles. The molecular weight excluding hydrogens is 435 g/mol. The van der Waals surface area contributed by atoms with Crippen LogP contribution in [-0.2, 0) is 10.2 Å². The molecule has 0 spiro atoms. The third-order valence-corrected chi connectivity index (χ3v) is 7.51. The maximum atomic E-state index is 13.5. The third-order valence-electron chi connectivity index (χ3n) is 7.51. The van der Waals surface area contributed by atoms with Crippen molar-refractivity contribution in [2.24, 2.45) is 5.41 Å². The summed E-state index contributed by atoms with van der Waals surface area (Å²) in [5, 5.41) is 0. The highest BCUT2D eigenvalue weighted by Crippen LogP contribution is 2.78. The second-order valence-corrected chi connectivity index (χ2v) is 9.77. The predicted octanol–water partition coefficient (Wildman–Crippen LogP) is 4.04. The van der Waals surface area contributed by atoms with E-state index in [0.717, 1.165) is 5.56 Å². The summed E-state index contributed by atoms with van der Waals surface area (Å²) in [6, 6.07) is 3.20. The quantitative estimate of drug-likeness (QED) is 0.638. The molecule has 0 amide bonds. The number of aromatic amines is 1. The molecule has 33 heavy (non-hydrogen) atoms. The summed E-state index contributed by atoms with van der Waals surface area (Å²) >= 11 is 0. The number of nitrogens with one attached hydrogen (secondary N) is 1. The molecule has 0 unspecified atom stereocenters. The lowest BCUT2D eigenvalue weighted by molar-refractivity contribution is -0.337. The van der Waals surface area contributed by atoms with Gasteiger partial charge in [0.2, 0.25) is 5.56 Å². The molecule has 2 bridgehead atoms. The molecule has 3 aliphatic carbocycles. The number of aromatic nitrogens is 5. The maximum absolute atomic E-state index is 13.5. The zero-order chi connectivity index (χ0) is 23.0. The molecule has 2 atom stereocenters. The summed E-state index contributed by atoms with van der Waals surface area (Å²) in [6.45, 7) is 2.31. The van der Waals surface area contributed by atoms with Crippen LogP contribution in [0.3, 0.4) is 0 Å². The number of rotatable bonds is 3. The van der Waals surface area contributed by atoms with Gasteiger partial charge < -0.3 is 9.72 Å². The Morgan fingerprint density at radius 2 is 1.94 bits per heavy atom. The van der Waals surface area contributed by atoms with Crippen LogP contribution in [0, 0.1) is 12.3 Å². The second-order valence-electron chi connectivity index (χ2n) is 9.77. The van der Waals surface area contributed by atoms with Gasteiger partial charge in [0.25, 0.3) is 0 Å². The van der Waals surface area contributed by atoms with Crippen LogP contribution in [0.25, 0.3) is 11.2 Å². The topological polar surface area (TPSA) is 93.7 Å². The Morgan fingerprint density at radius 1 is 1.15 bits per heavy atom. The van der Waals surface area contributed by atoms with Crippen molar-refractivity contribution >= 4 is 11.2 Å². The van der Waals surface area contributed by atoms with Gasteiger partial charge in [-0.25, -0.2) is 19.9 Å². The van der Waals surface area contributed by atoms with E-state index in [1.54, 1.807) is 18.5 Å². The molecule has 1 saturated heterocycles. The number of hydrogen-bond acceptors (Lipinski definition) is 6. The Labute approximate surface area is 186 Å². The summed E-state index contributed by atoms with van der Waals surface area (Å²) in [6.07, 6.45) is 0.313. The van der Waals surface area contributed by atoms with Gasteiger partial charge in [0.1, 0.15) is 11.3 Å². The van der Waals surface area contributed by atoms with E-state index in [1.165, 1.54) is 6.07 Å². The van der Waals surface area contributed by atoms with Crippen LogP contribution < -0.4 is 5.56 Å². The zero-order valence-corrected chi connectivity index (χ0v) is 17.9. The van der Waals surface area contributed by atoms with Gasteiger partial charge in [0.15, 0.2) is 5.65 Å². The van der Waals surface area contributed by atoms with Crippen LogP contribution in [0.4, 0.5) is 13.2 Å². The van der Waals surface area contributed by atoms with E-state index in [2.05, 4.69) is 15.0 Å². The van der Waals surface area contributed by atoms with Crippen molar-refractivity contribution in [1.82, 2.24) is 24.9 Å². The van der Waals surface area contributed by atoms with Crippen LogP contribution in [0.5, 0.6) is 0 Å². The summed E-state index contributed by atoms with van der Waals surface area (Å²) in [4.78, 5) is 32.6. The van der Waals surface area contributed by atoms with Crippen LogP contribution in [-0.4, -0.2) is 37.7 Å². The fraction of sp³-hybridized carbons (Fsp3) is 0.522. The first-order valence-corrected chi connectivity index (χ1v) is 11.1. The Morgan fingerprint density at radius 3 is 2.64 bits per heavy atom. The number of ether oxygens (including phenoxy) is 1. The van der Waals surface area contributed by atoms with Gasteiger partial charge in [-0.3, -0.25) is 4.79 Å². The molecule has 4 heterocycles. The first-order valence-electron chi connectivity index (χ1n) is 11.1. The summed E-state index contributed by atoms with van der Waals surface area (Å²) in [7, 11) is 0. The molecule has 3 aromatic heterocycles. The van der Waals surface area contributed by atoms with E-state index >= 15 is 0 Å². The molecule has 0 aromatic carbocycles. The predicted molar refractivity (Wildman–Crippen MR) is 112 cm³/mol. The van der Waals surface area contributed by atoms with E-state index in [0.29, 0.717) is 47.8 Å². The summed E-state index contributed by atoms with van der Waals surface area (Å²) < 4.78 is 46.4. The van der Waals surface area contributed by atoms with Gasteiger partial charge in [0, 0.05) is 36.4 Å². The highest BCUT2D eigenvalue weighted by Gasteiger charge is 2.79. The number of nitrogens with zero attached hydrogens (tertiary/aromatic N) is 4. The highest BCUT2D eigenvalue weighted by atomic mass is 19.4. The molecular formula is C23H22F3N5O2. The Bertz CT molecular complexity index is 1280. The Balaban J connectivity index is 1.36. The van der Waals surface area contributed by atoms with Crippen molar-refractivity contribution < 1.29 is 17.9 Å². The average molecular weight is 457 g/mol. The maximum Gasteiger partial charge on any atom is 0.394 e. The molecule has 0 radical (unpaired) electrons. The van der Waals surface area contributed by atoms with Gasteiger partial charge in [-0.15, -0.1) is 0 Å². The van der Waals surface area contributed by atoms with Crippen molar-refractivity contribution in [2.45, 2.75) is 62.6 Å². The van der Waals surface area contributed by atoms with Crippen molar-refractivity contribution in [3.8, 4) is 0 Å². The first kappa shape index (κ1) is 20.7. The van der Waals surface area contributed by atoms with Crippen molar-refractivity contribution in [2.75, 3.05) is 6.61 Å². The van der Waals surface area contributed by atoms with Gasteiger partial charge in [-0.05, 0) is 50.7 Å². The van der Waals surface area contributed by atoms with E-state index in [9.17, 15) is 18.0 Å². The smallest absolute Gasteiger partial charge is 0.373 e. The van der Waals surface area contributed by atoms with E-state index in [4.69, 9.17) is 14.7 Å². The van der Waals surface area contributed by atoms with Gasteiger partial charge in [0.05, 0.1) is 22.9 Å². The molecule has 4 aliphatic rings. The summed E-state index contributed by atoms with van der Waals surface area (Å²) in [5.41, 5.74) is 0.751. The summed E-state index contributed by atoms with van der Waals surface area (Å²) in [5.74, 6) is 0.547. The van der Waals surface area contributed by atoms with Crippen molar-refractivity contribution in [3.63, 3.8) is 0 Å². The zero-order valence-electron chi connectivity index (χ0n) is 17.9. The SMILES string of the molecule is Cc1cnc2c(C34CC(C(F)(F)F)(C3)C4)nc([C@H]3CCO[C@@H](c4ccc(=O)[nH]c4)C3)nc2n1. The molecule has 3 saturated carbocycles. The molecule has 7 nitrogen and oxygen atoms in total. The molecule has 7 rings (SSSR count). The minimum atomic E-state index is -4.19. The number of alkyl halides is 3. The number of pyridine rings is 1. The van der Waals surface area contributed by atoms with Crippen LogP contribution in [0.1, 0.15) is 66.9 Å². The average Bonchev–Trinajstić information content (AvgIpc) is 2.71. The monoisotopic (exact) mass is 457 g/mol. The van der Waals surface area contributed by atoms with E-state index in [1.807, 2.05) is 6.92 Å². The van der Waals surface area contributed by atoms with Crippen LogP contribution in [0.2, 0.25) is 0 Å². The lowest BCUT2D eigenvalue weighted by Crippen LogP contribution is -2.70. The number of hydrogen-bond donors (Lipinski definition) is 1. The standard InChI is InChI=1S/C23H22F3N5O2/c1-12-7-28-17-18(21-9-22(10-21,11-21)23(24,25)26)30-19(31-20(17)29-12)13-4-5-33-15(6-13)14-2-3-16(32)27-8-14/h2-3,7-8,13,15H,4-6,9-11H2,1H3,(H,27,32)/t13-,15+,21?,22?/m0/s1. The van der Waals surface area contributed by atoms with Gasteiger partial charge >= 0.3 is 6.18 Å². The van der Waals surface area contributed by atoms with E-state index < -0.39 is 17.0 Å². The van der Waals surface area contributed by atoms with Crippen LogP contribution >= 0.6 is 0 Å². The molecule has 10 heteroatoms. The number of fused-ring (bicyclic) bond motifs is 1. The molecule has 172 valence electrons. The highest BCUT2D eigenvalue weighted by molar-refractivity contribution is 5.75. The van der Waals surface area contributed by atoms with Gasteiger partial charge in [-0.1, -0.05) is 0 Å². The number of H-pyrrole nitrogens is 1. The van der Waals surface area contributed by atoms with Crippen molar-refractivity contribution in [3.05, 3.63) is 57.7 Å². The first-order chi connectivity index (χ1) is 15.7. The lowest BCUT2D eigenvalue weighted by Gasteiger charge is -2.70. The number of halogens is 3. The minimum Gasteiger partial charge on any atom is -0.373 e. The largest absolute Gasteiger partial charge is 0.394 e. The third kappa shape index (κ3) is 3.10. The van der Waals surface area contributed by atoms with Gasteiger partial charge in [-0.2, -0.15) is 13.2 Å². The molecule has 4 fully saturated rings. The number of aryl methyl sites for hydroxylation is 1. The molecule has 3 aromatic rings. The molecule has 1 N–H and O–H groups in total. The Kier molecular flexibility index (Phi) is 4.28. The fourth-order valence-corrected chi connectivity index (χ4v) is 5.79. The lowest BCUT2D eigenvalue weighted by atomic mass is 9.34. The minimum absolute atomic E-state index is 0.0370. The fourth-order valence-electron chi connectivity index (χ4n) is 5.79. The normalized spacial score (nSPS) is 31.2. The van der Waals surface area contributed by atoms with Crippen LogP contribution in [0.15, 0.2) is 29.3 Å².